The summed E-state index contributed by atoms with van der Waals surface area (Å²) in [6.07, 6.45) is 0.419. The lowest BCUT2D eigenvalue weighted by molar-refractivity contribution is 0.173. The van der Waals surface area contributed by atoms with Crippen molar-refractivity contribution in [2.75, 3.05) is 31.1 Å². The molecule has 1 unspecified atom stereocenters. The Bertz CT molecular complexity index is 397. The van der Waals surface area contributed by atoms with E-state index in [1.165, 1.54) is 5.69 Å². The van der Waals surface area contributed by atoms with Crippen molar-refractivity contribution in [3.63, 3.8) is 0 Å². The lowest BCUT2D eigenvalue weighted by atomic mass is 10.0. The van der Waals surface area contributed by atoms with Crippen molar-refractivity contribution in [2.24, 2.45) is 0 Å². The Balaban J connectivity index is 2.11. The first-order valence-corrected chi connectivity index (χ1v) is 7.39. The van der Waals surface area contributed by atoms with Gasteiger partial charge in [-0.3, -0.25) is 4.90 Å². The van der Waals surface area contributed by atoms with Gasteiger partial charge in [-0.1, -0.05) is 25.1 Å². The number of rotatable bonds is 4. The number of piperazine rings is 1. The first-order chi connectivity index (χ1) is 9.13. The molecule has 1 aliphatic heterocycles. The average molecular weight is 262 g/mol. The Morgan fingerprint density at radius 3 is 2.32 bits per heavy atom. The highest BCUT2D eigenvalue weighted by Crippen LogP contribution is 2.28. The zero-order chi connectivity index (χ0) is 13.8. The summed E-state index contributed by atoms with van der Waals surface area (Å²) in [5, 5.41) is 10.1. The van der Waals surface area contributed by atoms with Gasteiger partial charge in [-0.05, 0) is 26.3 Å². The predicted octanol–water partition coefficient (Wildman–Crippen LogP) is 2.66. The minimum Gasteiger partial charge on any atom is -0.388 e. The monoisotopic (exact) mass is 262 g/mol. The third-order valence-corrected chi connectivity index (χ3v) is 4.07. The molecule has 2 rings (SSSR count). The molecule has 0 aromatic heterocycles. The second-order valence-electron chi connectivity index (χ2n) is 5.60. The Hall–Kier alpha value is -1.06. The van der Waals surface area contributed by atoms with Crippen molar-refractivity contribution < 1.29 is 5.11 Å². The maximum Gasteiger partial charge on any atom is 0.0807 e. The highest BCUT2D eigenvalue weighted by Gasteiger charge is 2.21. The highest BCUT2D eigenvalue weighted by atomic mass is 16.3. The fourth-order valence-electron chi connectivity index (χ4n) is 2.76. The van der Waals surface area contributed by atoms with Crippen LogP contribution in [0.4, 0.5) is 5.69 Å². The molecule has 0 bridgehead atoms. The summed E-state index contributed by atoms with van der Waals surface area (Å²) < 4.78 is 0. The van der Waals surface area contributed by atoms with Gasteiger partial charge in [0.15, 0.2) is 0 Å². The smallest absolute Gasteiger partial charge is 0.0807 e. The molecule has 19 heavy (non-hydrogen) atoms. The standard InChI is InChI=1S/C16H26N2O/c1-4-16(19)14-7-5-6-8-15(14)18-11-9-17(10-12-18)13(2)3/h5-8,13,16,19H,4,9-12H2,1-3H3. The van der Waals surface area contributed by atoms with Crippen molar-refractivity contribution in [1.29, 1.82) is 0 Å². The van der Waals surface area contributed by atoms with Crippen LogP contribution in [0.25, 0.3) is 0 Å². The molecule has 0 radical (unpaired) electrons. The van der Waals surface area contributed by atoms with Crippen LogP contribution in [0.15, 0.2) is 24.3 Å². The number of nitrogens with zero attached hydrogens (tertiary/aromatic N) is 2. The zero-order valence-corrected chi connectivity index (χ0v) is 12.3. The zero-order valence-electron chi connectivity index (χ0n) is 12.3. The quantitative estimate of drug-likeness (QED) is 0.903. The van der Waals surface area contributed by atoms with E-state index in [4.69, 9.17) is 0 Å². The second kappa shape index (κ2) is 6.40. The molecule has 1 N–H and O–H groups in total. The molecule has 1 aliphatic rings. The third kappa shape index (κ3) is 3.28. The van der Waals surface area contributed by atoms with E-state index in [0.29, 0.717) is 6.04 Å². The van der Waals surface area contributed by atoms with Crippen molar-refractivity contribution in [2.45, 2.75) is 39.3 Å². The number of aliphatic hydroxyl groups is 1. The minimum absolute atomic E-state index is 0.348. The van der Waals surface area contributed by atoms with E-state index in [1.54, 1.807) is 0 Å². The van der Waals surface area contributed by atoms with E-state index in [2.05, 4.69) is 41.8 Å². The van der Waals surface area contributed by atoms with Crippen LogP contribution >= 0.6 is 0 Å². The predicted molar refractivity (Wildman–Crippen MR) is 80.6 cm³/mol. The molecular weight excluding hydrogens is 236 g/mol. The summed E-state index contributed by atoms with van der Waals surface area (Å²) in [5.41, 5.74) is 2.28. The molecule has 0 amide bonds. The van der Waals surface area contributed by atoms with Crippen molar-refractivity contribution in [1.82, 2.24) is 4.90 Å². The van der Waals surface area contributed by atoms with Gasteiger partial charge in [-0.15, -0.1) is 0 Å². The normalized spacial score (nSPS) is 18.9. The Morgan fingerprint density at radius 1 is 1.11 bits per heavy atom. The number of hydrogen-bond acceptors (Lipinski definition) is 3. The fraction of sp³-hybridized carbons (Fsp3) is 0.625. The van der Waals surface area contributed by atoms with Crippen molar-refractivity contribution >= 4 is 5.69 Å². The SMILES string of the molecule is CCC(O)c1ccccc1N1CCN(C(C)C)CC1. The molecule has 106 valence electrons. The largest absolute Gasteiger partial charge is 0.388 e. The molecule has 0 spiro atoms. The summed E-state index contributed by atoms with van der Waals surface area (Å²) in [6.45, 7) is 10.8. The third-order valence-electron chi connectivity index (χ3n) is 4.07. The molecule has 1 aromatic carbocycles. The second-order valence-corrected chi connectivity index (χ2v) is 5.60. The molecule has 1 aromatic rings. The summed E-state index contributed by atoms with van der Waals surface area (Å²) in [4.78, 5) is 4.92. The van der Waals surface area contributed by atoms with Gasteiger partial charge in [0.05, 0.1) is 6.10 Å². The summed E-state index contributed by atoms with van der Waals surface area (Å²) >= 11 is 0. The van der Waals surface area contributed by atoms with Gasteiger partial charge in [-0.2, -0.15) is 0 Å². The first kappa shape index (κ1) is 14.4. The fourth-order valence-corrected chi connectivity index (χ4v) is 2.76. The first-order valence-electron chi connectivity index (χ1n) is 7.39. The number of aliphatic hydroxyl groups excluding tert-OH is 1. The lowest BCUT2D eigenvalue weighted by Crippen LogP contribution is -2.49. The molecule has 1 atom stereocenters. The van der Waals surface area contributed by atoms with Crippen LogP contribution in [-0.4, -0.2) is 42.2 Å². The molecule has 1 saturated heterocycles. The maximum absolute atomic E-state index is 10.1. The van der Waals surface area contributed by atoms with Gasteiger partial charge in [-0.25, -0.2) is 0 Å². The number of anilines is 1. The average Bonchev–Trinajstić information content (AvgIpc) is 2.46. The van der Waals surface area contributed by atoms with Gasteiger partial charge < -0.3 is 10.0 Å². The topological polar surface area (TPSA) is 26.7 Å². The molecular formula is C16H26N2O. The van der Waals surface area contributed by atoms with Crippen LogP contribution < -0.4 is 4.90 Å². The van der Waals surface area contributed by atoms with Gasteiger partial charge >= 0.3 is 0 Å². The van der Waals surface area contributed by atoms with Gasteiger partial charge in [0, 0.05) is 43.5 Å². The molecule has 0 aliphatic carbocycles. The molecule has 3 heteroatoms. The van der Waals surface area contributed by atoms with Crippen LogP contribution in [0.1, 0.15) is 38.9 Å². The minimum atomic E-state index is -0.348. The number of para-hydroxylation sites is 1. The summed E-state index contributed by atoms with van der Waals surface area (Å²) in [6, 6.07) is 8.90. The highest BCUT2D eigenvalue weighted by molar-refractivity contribution is 5.55. The number of hydrogen-bond donors (Lipinski definition) is 1. The van der Waals surface area contributed by atoms with E-state index < -0.39 is 0 Å². The molecule has 3 nitrogen and oxygen atoms in total. The summed E-state index contributed by atoms with van der Waals surface area (Å²) in [7, 11) is 0. The van der Waals surface area contributed by atoms with Gasteiger partial charge in [0.2, 0.25) is 0 Å². The van der Waals surface area contributed by atoms with E-state index >= 15 is 0 Å². The van der Waals surface area contributed by atoms with Gasteiger partial charge in [0.25, 0.3) is 0 Å². The van der Waals surface area contributed by atoms with Crippen molar-refractivity contribution in [3.8, 4) is 0 Å². The van der Waals surface area contributed by atoms with Crippen molar-refractivity contribution in [3.05, 3.63) is 29.8 Å². The lowest BCUT2D eigenvalue weighted by Gasteiger charge is -2.39. The molecule has 1 heterocycles. The van der Waals surface area contributed by atoms with Crippen LogP contribution in [0.3, 0.4) is 0 Å². The van der Waals surface area contributed by atoms with E-state index in [9.17, 15) is 5.11 Å². The van der Waals surface area contributed by atoms with Crippen LogP contribution in [0, 0.1) is 0 Å². The summed E-state index contributed by atoms with van der Waals surface area (Å²) in [5.74, 6) is 0. The van der Waals surface area contributed by atoms with E-state index in [0.717, 1.165) is 38.2 Å². The molecule has 1 fully saturated rings. The Morgan fingerprint density at radius 2 is 1.74 bits per heavy atom. The van der Waals surface area contributed by atoms with Crippen LogP contribution in [0.5, 0.6) is 0 Å². The molecule has 0 saturated carbocycles. The van der Waals surface area contributed by atoms with Crippen LogP contribution in [0.2, 0.25) is 0 Å². The van der Waals surface area contributed by atoms with E-state index in [1.807, 2.05) is 13.0 Å². The number of benzene rings is 1. The van der Waals surface area contributed by atoms with E-state index in [-0.39, 0.29) is 6.10 Å². The maximum atomic E-state index is 10.1. The Labute approximate surface area is 116 Å². The Kier molecular flexibility index (Phi) is 4.83. The van der Waals surface area contributed by atoms with Crippen LogP contribution in [-0.2, 0) is 0 Å². The van der Waals surface area contributed by atoms with Gasteiger partial charge in [0.1, 0.15) is 0 Å².